The van der Waals surface area contributed by atoms with Crippen LogP contribution in [-0.4, -0.2) is 62.7 Å². The van der Waals surface area contributed by atoms with Crippen LogP contribution in [0.5, 0.6) is 5.75 Å². The zero-order valence-corrected chi connectivity index (χ0v) is 18.6. The topological polar surface area (TPSA) is 79.9 Å². The molecule has 0 aromatic heterocycles. The minimum absolute atomic E-state index is 0.0519. The van der Waals surface area contributed by atoms with E-state index in [-0.39, 0.29) is 35.8 Å². The molecule has 1 fully saturated rings. The number of rotatable bonds is 3. The molecule has 1 aromatic rings. The van der Waals surface area contributed by atoms with Crippen molar-refractivity contribution in [3.8, 4) is 5.75 Å². The number of amides is 2. The maximum Gasteiger partial charge on any atom is 0.257 e. The molecule has 30 heavy (non-hydrogen) atoms. The highest BCUT2D eigenvalue weighted by Crippen LogP contribution is 2.29. The summed E-state index contributed by atoms with van der Waals surface area (Å²) in [5, 5.41) is 6.48. The van der Waals surface area contributed by atoms with E-state index in [1.807, 2.05) is 0 Å². The van der Waals surface area contributed by atoms with Gasteiger partial charge in [-0.05, 0) is 37.8 Å². The summed E-state index contributed by atoms with van der Waals surface area (Å²) in [5.41, 5.74) is 1.16. The summed E-state index contributed by atoms with van der Waals surface area (Å²) >= 11 is 0. The maximum absolute atomic E-state index is 13.1. The number of fused-ring (bicyclic) bond motifs is 1. The number of ether oxygens (including phenoxy) is 2. The third-order valence-corrected chi connectivity index (χ3v) is 6.22. The number of nitrogens with one attached hydrogen (secondary N) is 2. The third kappa shape index (κ3) is 5.52. The van der Waals surface area contributed by atoms with Crippen LogP contribution >= 0.6 is 0 Å². The molecule has 166 valence electrons. The zero-order chi connectivity index (χ0) is 21.7. The molecular formula is C23H35N3O4. The Morgan fingerprint density at radius 2 is 2.00 bits per heavy atom. The van der Waals surface area contributed by atoms with Gasteiger partial charge in [0.05, 0.1) is 11.7 Å². The van der Waals surface area contributed by atoms with Crippen LogP contribution in [0.25, 0.3) is 0 Å². The number of benzene rings is 1. The van der Waals surface area contributed by atoms with Crippen molar-refractivity contribution in [2.45, 2.75) is 51.7 Å². The van der Waals surface area contributed by atoms with Crippen molar-refractivity contribution in [3.63, 3.8) is 0 Å². The van der Waals surface area contributed by atoms with E-state index in [0.29, 0.717) is 30.2 Å². The van der Waals surface area contributed by atoms with Crippen LogP contribution in [-0.2, 0) is 9.53 Å². The second-order valence-corrected chi connectivity index (χ2v) is 8.74. The van der Waals surface area contributed by atoms with E-state index < -0.39 is 0 Å². The Labute approximate surface area is 179 Å². The predicted octanol–water partition coefficient (Wildman–Crippen LogP) is 2.91. The van der Waals surface area contributed by atoms with E-state index in [9.17, 15) is 9.59 Å². The van der Waals surface area contributed by atoms with Crippen molar-refractivity contribution in [1.29, 1.82) is 0 Å². The number of hydrogen-bond donors (Lipinski definition) is 2. The lowest BCUT2D eigenvalue weighted by molar-refractivity contribution is -0.119. The van der Waals surface area contributed by atoms with E-state index in [0.717, 1.165) is 32.2 Å². The molecular weight excluding hydrogens is 382 g/mol. The Kier molecular flexibility index (Phi) is 7.72. The molecule has 0 spiro atoms. The fourth-order valence-electron chi connectivity index (χ4n) is 4.17. The minimum atomic E-state index is -0.117. The van der Waals surface area contributed by atoms with Crippen molar-refractivity contribution < 1.29 is 19.1 Å². The van der Waals surface area contributed by atoms with Crippen molar-refractivity contribution >= 4 is 17.5 Å². The Balaban J connectivity index is 1.83. The van der Waals surface area contributed by atoms with Crippen LogP contribution in [0.15, 0.2) is 18.2 Å². The lowest BCUT2D eigenvalue weighted by Crippen LogP contribution is -2.44. The van der Waals surface area contributed by atoms with Crippen LogP contribution in [0.4, 0.5) is 5.69 Å². The second-order valence-electron chi connectivity index (χ2n) is 8.74. The van der Waals surface area contributed by atoms with Crippen molar-refractivity contribution in [2.24, 2.45) is 11.8 Å². The normalized spacial score (nSPS) is 26.3. The fraction of sp³-hybridized carbons (Fsp3) is 0.652. The second kappa shape index (κ2) is 10.3. The van der Waals surface area contributed by atoms with Crippen LogP contribution in [0.2, 0.25) is 0 Å². The number of carbonyl (C=O) groups is 2. The third-order valence-electron chi connectivity index (χ3n) is 6.22. The SMILES string of the molecule is CO[C@@H]1CN(C)C(=O)c2ccc(NC(=O)C3CCCC3)cc2OC[C@H](C)NC[C@H]1C. The highest BCUT2D eigenvalue weighted by molar-refractivity contribution is 5.98. The monoisotopic (exact) mass is 417 g/mol. The fourth-order valence-corrected chi connectivity index (χ4v) is 4.17. The first-order valence-corrected chi connectivity index (χ1v) is 11.0. The minimum Gasteiger partial charge on any atom is -0.491 e. The first kappa shape index (κ1) is 22.6. The summed E-state index contributed by atoms with van der Waals surface area (Å²) in [6.45, 7) is 5.86. The molecule has 7 nitrogen and oxygen atoms in total. The van der Waals surface area contributed by atoms with Crippen molar-refractivity contribution in [1.82, 2.24) is 10.2 Å². The Morgan fingerprint density at radius 3 is 2.70 bits per heavy atom. The van der Waals surface area contributed by atoms with Gasteiger partial charge in [-0.25, -0.2) is 0 Å². The number of likely N-dealkylation sites (N-methyl/N-ethyl adjacent to an activating group) is 1. The van der Waals surface area contributed by atoms with Gasteiger partial charge < -0.3 is 25.0 Å². The summed E-state index contributed by atoms with van der Waals surface area (Å²) in [4.78, 5) is 27.3. The molecule has 1 saturated carbocycles. The van der Waals surface area contributed by atoms with E-state index in [1.165, 1.54) is 0 Å². The van der Waals surface area contributed by atoms with Crippen molar-refractivity contribution in [2.75, 3.05) is 39.2 Å². The molecule has 1 aromatic carbocycles. The number of carbonyl (C=O) groups excluding carboxylic acids is 2. The van der Waals surface area contributed by atoms with Crippen LogP contribution in [0.1, 0.15) is 49.9 Å². The molecule has 7 heteroatoms. The molecule has 3 rings (SSSR count). The average Bonchev–Trinajstić information content (AvgIpc) is 3.28. The van der Waals surface area contributed by atoms with Gasteiger partial charge in [-0.1, -0.05) is 19.8 Å². The van der Waals surface area contributed by atoms with E-state index in [1.54, 1.807) is 37.3 Å². The number of methoxy groups -OCH3 is 1. The van der Waals surface area contributed by atoms with E-state index in [2.05, 4.69) is 24.5 Å². The molecule has 2 N–H and O–H groups in total. The summed E-state index contributed by atoms with van der Waals surface area (Å²) in [6.07, 6.45) is 4.04. The van der Waals surface area contributed by atoms with Gasteiger partial charge in [0.15, 0.2) is 0 Å². The number of nitrogens with zero attached hydrogens (tertiary/aromatic N) is 1. The van der Waals surface area contributed by atoms with Gasteiger partial charge in [0.1, 0.15) is 12.4 Å². The van der Waals surface area contributed by atoms with E-state index in [4.69, 9.17) is 9.47 Å². The Morgan fingerprint density at radius 1 is 1.27 bits per heavy atom. The number of hydrogen-bond acceptors (Lipinski definition) is 5. The van der Waals surface area contributed by atoms with Gasteiger partial charge in [-0.2, -0.15) is 0 Å². The molecule has 2 amide bonds. The van der Waals surface area contributed by atoms with Gasteiger partial charge in [0.2, 0.25) is 5.91 Å². The summed E-state index contributed by atoms with van der Waals surface area (Å²) in [5.74, 6) is 0.758. The lowest BCUT2D eigenvalue weighted by atomic mass is 10.0. The zero-order valence-electron chi connectivity index (χ0n) is 18.6. The summed E-state index contributed by atoms with van der Waals surface area (Å²) in [6, 6.07) is 5.41. The van der Waals surface area contributed by atoms with Gasteiger partial charge in [0.25, 0.3) is 5.91 Å². The highest BCUT2D eigenvalue weighted by atomic mass is 16.5. The average molecular weight is 418 g/mol. The summed E-state index contributed by atoms with van der Waals surface area (Å²) in [7, 11) is 3.47. The molecule has 0 unspecified atom stereocenters. The first-order chi connectivity index (χ1) is 14.4. The Hall–Kier alpha value is -2.12. The van der Waals surface area contributed by atoms with Crippen LogP contribution in [0.3, 0.4) is 0 Å². The molecule has 0 radical (unpaired) electrons. The molecule has 0 saturated heterocycles. The van der Waals surface area contributed by atoms with Gasteiger partial charge in [0, 0.05) is 51.0 Å². The molecule has 3 atom stereocenters. The predicted molar refractivity (Wildman–Crippen MR) is 117 cm³/mol. The molecule has 1 heterocycles. The maximum atomic E-state index is 13.1. The molecule has 0 bridgehead atoms. The standard InChI is InChI=1S/C23H35N3O4/c1-15-12-24-16(2)14-30-20-11-18(25-22(27)17-7-5-6-8-17)9-10-19(20)23(28)26(3)13-21(15)29-4/h9-11,15-17,21,24H,5-8,12-14H2,1-4H3,(H,25,27)/t15-,16+,21-/m1/s1. The smallest absolute Gasteiger partial charge is 0.257 e. The van der Waals surface area contributed by atoms with Gasteiger partial charge in [-0.3, -0.25) is 9.59 Å². The van der Waals surface area contributed by atoms with Gasteiger partial charge >= 0.3 is 0 Å². The Bertz CT molecular complexity index is 748. The molecule has 2 aliphatic rings. The highest BCUT2D eigenvalue weighted by Gasteiger charge is 2.26. The van der Waals surface area contributed by atoms with Crippen LogP contribution in [0, 0.1) is 11.8 Å². The molecule has 1 aliphatic carbocycles. The quantitative estimate of drug-likeness (QED) is 0.791. The lowest BCUT2D eigenvalue weighted by Gasteiger charge is -2.30. The molecule has 1 aliphatic heterocycles. The van der Waals surface area contributed by atoms with Crippen LogP contribution < -0.4 is 15.4 Å². The first-order valence-electron chi connectivity index (χ1n) is 11.0. The van der Waals surface area contributed by atoms with E-state index >= 15 is 0 Å². The number of anilines is 1. The van der Waals surface area contributed by atoms with Gasteiger partial charge in [-0.15, -0.1) is 0 Å². The summed E-state index contributed by atoms with van der Waals surface area (Å²) < 4.78 is 11.7. The largest absolute Gasteiger partial charge is 0.491 e. The van der Waals surface area contributed by atoms with Crippen molar-refractivity contribution in [3.05, 3.63) is 23.8 Å².